The lowest BCUT2D eigenvalue weighted by Gasteiger charge is -2.44. The molecule has 0 spiro atoms. The van der Waals surface area contributed by atoms with Gasteiger partial charge in [-0.25, -0.2) is 0 Å². The Hall–Kier alpha value is -1.43. The third kappa shape index (κ3) is 3.73. The van der Waals surface area contributed by atoms with E-state index in [2.05, 4.69) is 45.3 Å². The Balaban J connectivity index is 1.34. The average Bonchev–Trinajstić information content (AvgIpc) is 3.14. The minimum absolute atomic E-state index is 0.121. The van der Waals surface area contributed by atoms with Crippen molar-refractivity contribution in [2.24, 2.45) is 5.92 Å². The van der Waals surface area contributed by atoms with Crippen molar-refractivity contribution in [2.45, 2.75) is 50.1 Å². The number of hydrogen-bond donors (Lipinski definition) is 3. The van der Waals surface area contributed by atoms with Gasteiger partial charge in [0.2, 0.25) is 5.91 Å². The lowest BCUT2D eigenvalue weighted by Crippen LogP contribution is -2.54. The second-order valence-electron chi connectivity index (χ2n) is 7.95. The van der Waals surface area contributed by atoms with E-state index in [0.29, 0.717) is 18.5 Å². The first kappa shape index (κ1) is 17.0. The third-order valence-corrected chi connectivity index (χ3v) is 6.26. The van der Waals surface area contributed by atoms with Gasteiger partial charge in [0.25, 0.3) is 0 Å². The number of amides is 1. The van der Waals surface area contributed by atoms with Crippen molar-refractivity contribution in [3.63, 3.8) is 0 Å². The standard InChI is InChI=1S/C20H30N4O/c25-19(22-20(10-5-11-20)17-7-2-1-3-8-17)15-24-13-4-6-16(14-24)18-9-12-21-23-18/h1-3,7-8,16,18,21,23H,4-6,9-15H2,(H,22,25). The van der Waals surface area contributed by atoms with Crippen LogP contribution in [0.4, 0.5) is 0 Å². The zero-order valence-corrected chi connectivity index (χ0v) is 15.0. The van der Waals surface area contributed by atoms with E-state index in [1.165, 1.54) is 31.2 Å². The van der Waals surface area contributed by atoms with E-state index < -0.39 is 0 Å². The van der Waals surface area contributed by atoms with Crippen molar-refractivity contribution in [2.75, 3.05) is 26.2 Å². The fourth-order valence-electron chi connectivity index (χ4n) is 4.70. The summed E-state index contributed by atoms with van der Waals surface area (Å²) >= 11 is 0. The van der Waals surface area contributed by atoms with Gasteiger partial charge in [0, 0.05) is 19.1 Å². The summed E-state index contributed by atoms with van der Waals surface area (Å²) in [6.07, 6.45) is 6.97. The fraction of sp³-hybridized carbons (Fsp3) is 0.650. The van der Waals surface area contributed by atoms with Crippen LogP contribution in [0.1, 0.15) is 44.1 Å². The summed E-state index contributed by atoms with van der Waals surface area (Å²) in [5.74, 6) is 0.838. The van der Waals surface area contributed by atoms with Crippen LogP contribution in [0.25, 0.3) is 0 Å². The van der Waals surface area contributed by atoms with Gasteiger partial charge in [-0.15, -0.1) is 0 Å². The number of hydrazine groups is 1. The number of nitrogens with zero attached hydrogens (tertiary/aromatic N) is 1. The van der Waals surface area contributed by atoms with Crippen LogP contribution >= 0.6 is 0 Å². The monoisotopic (exact) mass is 342 g/mol. The molecule has 3 N–H and O–H groups in total. The van der Waals surface area contributed by atoms with Crippen molar-refractivity contribution in [3.8, 4) is 0 Å². The van der Waals surface area contributed by atoms with Gasteiger partial charge in [-0.3, -0.25) is 20.5 Å². The first-order valence-electron chi connectivity index (χ1n) is 9.82. The van der Waals surface area contributed by atoms with Crippen LogP contribution in [-0.2, 0) is 10.3 Å². The molecular formula is C20H30N4O. The molecule has 25 heavy (non-hydrogen) atoms. The number of likely N-dealkylation sites (tertiary alicyclic amines) is 1. The van der Waals surface area contributed by atoms with Crippen LogP contribution in [0.5, 0.6) is 0 Å². The summed E-state index contributed by atoms with van der Waals surface area (Å²) in [4.78, 5) is 15.1. The van der Waals surface area contributed by atoms with Crippen LogP contribution in [0, 0.1) is 5.92 Å². The molecule has 1 aromatic rings. The second kappa shape index (κ2) is 7.44. The maximum Gasteiger partial charge on any atom is 0.234 e. The molecular weight excluding hydrogens is 312 g/mol. The molecule has 5 nitrogen and oxygen atoms in total. The Kier molecular flexibility index (Phi) is 5.06. The van der Waals surface area contributed by atoms with Gasteiger partial charge in [0.05, 0.1) is 12.1 Å². The fourth-order valence-corrected chi connectivity index (χ4v) is 4.70. The number of rotatable bonds is 5. The van der Waals surface area contributed by atoms with Crippen LogP contribution in [-0.4, -0.2) is 43.0 Å². The zero-order chi connectivity index (χ0) is 17.1. The molecule has 136 valence electrons. The predicted molar refractivity (Wildman–Crippen MR) is 98.8 cm³/mol. The number of nitrogens with one attached hydrogen (secondary N) is 3. The molecule has 2 heterocycles. The molecule has 2 saturated heterocycles. The largest absolute Gasteiger partial charge is 0.345 e. The van der Waals surface area contributed by atoms with E-state index in [4.69, 9.17) is 0 Å². The third-order valence-electron chi connectivity index (χ3n) is 6.26. The van der Waals surface area contributed by atoms with Gasteiger partial charge < -0.3 is 5.32 Å². The minimum atomic E-state index is -0.121. The highest BCUT2D eigenvalue weighted by Crippen LogP contribution is 2.41. The van der Waals surface area contributed by atoms with Gasteiger partial charge in [0.1, 0.15) is 0 Å². The van der Waals surface area contributed by atoms with Gasteiger partial charge in [0.15, 0.2) is 0 Å². The molecule has 2 atom stereocenters. The number of piperidine rings is 1. The molecule has 1 aliphatic carbocycles. The van der Waals surface area contributed by atoms with E-state index in [9.17, 15) is 4.79 Å². The zero-order valence-electron chi connectivity index (χ0n) is 15.0. The average molecular weight is 342 g/mol. The van der Waals surface area contributed by atoms with E-state index >= 15 is 0 Å². The van der Waals surface area contributed by atoms with Crippen molar-refractivity contribution in [1.82, 2.24) is 21.1 Å². The summed E-state index contributed by atoms with van der Waals surface area (Å²) in [6.45, 7) is 3.67. The Morgan fingerprint density at radius 2 is 2.04 bits per heavy atom. The van der Waals surface area contributed by atoms with E-state index in [1.54, 1.807) is 0 Å². The normalized spacial score (nSPS) is 29.1. The second-order valence-corrected chi connectivity index (χ2v) is 7.95. The smallest absolute Gasteiger partial charge is 0.234 e. The van der Waals surface area contributed by atoms with E-state index in [1.807, 2.05) is 6.07 Å². The maximum atomic E-state index is 12.7. The van der Waals surface area contributed by atoms with Crippen LogP contribution in [0.15, 0.2) is 30.3 Å². The minimum Gasteiger partial charge on any atom is -0.345 e. The SMILES string of the molecule is O=C(CN1CCCC(C2CCNN2)C1)NC1(c2ccccc2)CCC1. The molecule has 1 saturated carbocycles. The van der Waals surface area contributed by atoms with Gasteiger partial charge >= 0.3 is 0 Å². The van der Waals surface area contributed by atoms with E-state index in [0.717, 1.165) is 32.5 Å². The van der Waals surface area contributed by atoms with Gasteiger partial charge in [-0.1, -0.05) is 30.3 Å². The van der Waals surface area contributed by atoms with Crippen molar-refractivity contribution in [1.29, 1.82) is 0 Å². The molecule has 4 rings (SSSR count). The maximum absolute atomic E-state index is 12.7. The lowest BCUT2D eigenvalue weighted by atomic mass is 9.72. The van der Waals surface area contributed by atoms with Crippen LogP contribution < -0.4 is 16.2 Å². The molecule has 1 aromatic carbocycles. The summed E-state index contributed by atoms with van der Waals surface area (Å²) in [5.41, 5.74) is 7.78. The van der Waals surface area contributed by atoms with Crippen LogP contribution in [0.3, 0.4) is 0 Å². The van der Waals surface area contributed by atoms with E-state index in [-0.39, 0.29) is 11.4 Å². The number of carbonyl (C=O) groups excluding carboxylic acids is 1. The Morgan fingerprint density at radius 3 is 2.72 bits per heavy atom. The highest BCUT2D eigenvalue weighted by Gasteiger charge is 2.40. The Bertz CT molecular complexity index is 581. The topological polar surface area (TPSA) is 56.4 Å². The molecule has 0 radical (unpaired) electrons. The Morgan fingerprint density at radius 1 is 1.20 bits per heavy atom. The number of carbonyl (C=O) groups is 1. The van der Waals surface area contributed by atoms with Crippen molar-refractivity contribution in [3.05, 3.63) is 35.9 Å². The van der Waals surface area contributed by atoms with Gasteiger partial charge in [-0.05, 0) is 56.6 Å². The van der Waals surface area contributed by atoms with Crippen LogP contribution in [0.2, 0.25) is 0 Å². The summed E-state index contributed by atoms with van der Waals surface area (Å²) in [7, 11) is 0. The lowest BCUT2D eigenvalue weighted by molar-refractivity contribution is -0.126. The summed E-state index contributed by atoms with van der Waals surface area (Å²) < 4.78 is 0. The van der Waals surface area contributed by atoms with Crippen molar-refractivity contribution >= 4 is 5.91 Å². The molecule has 0 bridgehead atoms. The van der Waals surface area contributed by atoms with Crippen molar-refractivity contribution < 1.29 is 4.79 Å². The summed E-state index contributed by atoms with van der Waals surface area (Å²) in [6, 6.07) is 11.0. The molecule has 0 aromatic heterocycles. The number of benzene rings is 1. The first-order chi connectivity index (χ1) is 12.3. The molecule has 2 aliphatic heterocycles. The quantitative estimate of drug-likeness (QED) is 0.763. The molecule has 3 fully saturated rings. The Labute approximate surface area is 150 Å². The highest BCUT2D eigenvalue weighted by atomic mass is 16.2. The summed E-state index contributed by atoms with van der Waals surface area (Å²) in [5, 5.41) is 3.37. The highest BCUT2D eigenvalue weighted by molar-refractivity contribution is 5.79. The molecule has 2 unspecified atom stereocenters. The molecule has 1 amide bonds. The molecule has 5 heteroatoms. The molecule has 3 aliphatic rings. The predicted octanol–water partition coefficient (Wildman–Crippen LogP) is 1.76. The van der Waals surface area contributed by atoms with Gasteiger partial charge in [-0.2, -0.15) is 0 Å². The first-order valence-corrected chi connectivity index (χ1v) is 9.82. The number of hydrogen-bond acceptors (Lipinski definition) is 4.